The second-order valence-electron chi connectivity index (χ2n) is 4.71. The quantitative estimate of drug-likeness (QED) is 0.904. The molecule has 0 radical (unpaired) electrons. The Balaban J connectivity index is 2.98. The van der Waals surface area contributed by atoms with Gasteiger partial charge < -0.3 is 10.0 Å². The third kappa shape index (κ3) is 4.24. The molecule has 1 N–H and O–H groups in total. The molecule has 0 aliphatic rings. The largest absolute Gasteiger partial charge is 0.481 e. The molecule has 104 valence electrons. The van der Waals surface area contributed by atoms with E-state index in [0.717, 1.165) is 0 Å². The molecule has 0 aromatic heterocycles. The molecule has 19 heavy (non-hydrogen) atoms. The van der Waals surface area contributed by atoms with Gasteiger partial charge >= 0.3 is 5.97 Å². The van der Waals surface area contributed by atoms with Crippen LogP contribution in [0.25, 0.3) is 0 Å². The summed E-state index contributed by atoms with van der Waals surface area (Å²) in [6, 6.07) is 6.63. The number of nitrogens with zero attached hydrogens (tertiary/aromatic N) is 1. The van der Waals surface area contributed by atoms with E-state index in [1.807, 2.05) is 13.8 Å². The summed E-state index contributed by atoms with van der Waals surface area (Å²) < 4.78 is 0. The molecule has 1 rings (SSSR count). The van der Waals surface area contributed by atoms with Crippen LogP contribution >= 0.6 is 11.6 Å². The van der Waals surface area contributed by atoms with E-state index in [1.165, 1.54) is 6.92 Å². The zero-order chi connectivity index (χ0) is 14.6. The average Bonchev–Trinajstić information content (AvgIpc) is 2.30. The molecule has 5 heteroatoms. The van der Waals surface area contributed by atoms with Crippen LogP contribution in [-0.4, -0.2) is 34.5 Å². The molecule has 0 fully saturated rings. The normalized spacial score (nSPS) is 12.3. The number of aliphatic carboxylic acids is 1. The van der Waals surface area contributed by atoms with Gasteiger partial charge in [0.15, 0.2) is 0 Å². The van der Waals surface area contributed by atoms with Crippen molar-refractivity contribution in [1.29, 1.82) is 0 Å². The number of carboxylic acids is 1. The predicted octanol–water partition coefficient (Wildman–Crippen LogP) is 2.77. The van der Waals surface area contributed by atoms with Gasteiger partial charge in [0.05, 0.1) is 5.92 Å². The number of carbonyl (C=O) groups is 2. The van der Waals surface area contributed by atoms with E-state index < -0.39 is 11.9 Å². The van der Waals surface area contributed by atoms with Crippen LogP contribution in [0.4, 0.5) is 0 Å². The topological polar surface area (TPSA) is 57.6 Å². The molecule has 0 bridgehead atoms. The summed E-state index contributed by atoms with van der Waals surface area (Å²) in [5.74, 6) is -1.83. The highest BCUT2D eigenvalue weighted by Crippen LogP contribution is 2.21. The highest BCUT2D eigenvalue weighted by Gasteiger charge is 2.25. The maximum absolute atomic E-state index is 11.5. The lowest BCUT2D eigenvalue weighted by Gasteiger charge is -2.28. The first kappa shape index (κ1) is 15.5. The van der Waals surface area contributed by atoms with Crippen molar-refractivity contribution in [3.8, 4) is 0 Å². The fourth-order valence-corrected chi connectivity index (χ4v) is 2.05. The van der Waals surface area contributed by atoms with Gasteiger partial charge in [-0.05, 0) is 31.5 Å². The number of halogens is 1. The van der Waals surface area contributed by atoms with E-state index >= 15 is 0 Å². The van der Waals surface area contributed by atoms with Crippen LogP contribution in [0.5, 0.6) is 0 Å². The predicted molar refractivity (Wildman–Crippen MR) is 74.4 cm³/mol. The summed E-state index contributed by atoms with van der Waals surface area (Å²) >= 11 is 5.79. The van der Waals surface area contributed by atoms with Crippen molar-refractivity contribution in [2.75, 3.05) is 6.54 Å². The van der Waals surface area contributed by atoms with Gasteiger partial charge in [-0.25, -0.2) is 0 Å². The zero-order valence-corrected chi connectivity index (χ0v) is 12.0. The molecule has 0 saturated heterocycles. The molecule has 0 heterocycles. The Morgan fingerprint density at radius 1 is 1.26 bits per heavy atom. The fourth-order valence-electron chi connectivity index (χ4n) is 1.92. The smallest absolute Gasteiger partial charge is 0.312 e. The van der Waals surface area contributed by atoms with Gasteiger partial charge in [-0.2, -0.15) is 0 Å². The van der Waals surface area contributed by atoms with Crippen LogP contribution in [0.1, 0.15) is 32.3 Å². The number of amides is 1. The lowest BCUT2D eigenvalue weighted by Crippen LogP contribution is -2.40. The van der Waals surface area contributed by atoms with Crippen molar-refractivity contribution in [2.45, 2.75) is 32.7 Å². The van der Waals surface area contributed by atoms with Crippen molar-refractivity contribution >= 4 is 23.5 Å². The number of hydrogen-bond acceptors (Lipinski definition) is 2. The van der Waals surface area contributed by atoms with E-state index in [2.05, 4.69) is 0 Å². The van der Waals surface area contributed by atoms with Crippen LogP contribution in [0.15, 0.2) is 24.3 Å². The van der Waals surface area contributed by atoms with E-state index in [0.29, 0.717) is 10.6 Å². The van der Waals surface area contributed by atoms with Gasteiger partial charge in [-0.1, -0.05) is 23.7 Å². The minimum Gasteiger partial charge on any atom is -0.481 e. The summed E-state index contributed by atoms with van der Waals surface area (Å²) in [5, 5.41) is 9.89. The molecule has 0 saturated carbocycles. The monoisotopic (exact) mass is 283 g/mol. The van der Waals surface area contributed by atoms with Gasteiger partial charge in [0, 0.05) is 24.5 Å². The summed E-state index contributed by atoms with van der Waals surface area (Å²) in [6.45, 7) is 5.33. The molecule has 0 aliphatic heterocycles. The number of rotatable bonds is 5. The minimum absolute atomic E-state index is 0.0355. The second-order valence-corrected chi connectivity index (χ2v) is 5.14. The van der Waals surface area contributed by atoms with Gasteiger partial charge in [-0.15, -0.1) is 0 Å². The number of carbonyl (C=O) groups excluding carboxylic acids is 1. The molecule has 1 unspecified atom stereocenters. The highest BCUT2D eigenvalue weighted by atomic mass is 35.5. The first-order valence-electron chi connectivity index (χ1n) is 6.08. The van der Waals surface area contributed by atoms with Crippen molar-refractivity contribution < 1.29 is 14.7 Å². The maximum Gasteiger partial charge on any atom is 0.312 e. The SMILES string of the molecule is CC(=O)N(CC(C(=O)O)c1ccc(Cl)cc1)C(C)C. The van der Waals surface area contributed by atoms with Crippen LogP contribution < -0.4 is 0 Å². The Hall–Kier alpha value is -1.55. The molecular formula is C14H18ClNO3. The third-order valence-electron chi connectivity index (χ3n) is 2.98. The lowest BCUT2D eigenvalue weighted by atomic mass is 9.98. The van der Waals surface area contributed by atoms with Gasteiger partial charge in [0.1, 0.15) is 0 Å². The van der Waals surface area contributed by atoms with Crippen molar-refractivity contribution in [3.63, 3.8) is 0 Å². The van der Waals surface area contributed by atoms with Crippen LogP contribution in [0.3, 0.4) is 0 Å². The lowest BCUT2D eigenvalue weighted by molar-refractivity contribution is -0.140. The Labute approximate surface area is 118 Å². The summed E-state index contributed by atoms with van der Waals surface area (Å²) in [4.78, 5) is 24.5. The fraction of sp³-hybridized carbons (Fsp3) is 0.429. The molecule has 1 aromatic carbocycles. The summed E-state index contributed by atoms with van der Waals surface area (Å²) in [6.07, 6.45) is 0. The summed E-state index contributed by atoms with van der Waals surface area (Å²) in [5.41, 5.74) is 0.642. The maximum atomic E-state index is 11.5. The summed E-state index contributed by atoms with van der Waals surface area (Å²) in [7, 11) is 0. The Morgan fingerprint density at radius 2 is 1.79 bits per heavy atom. The third-order valence-corrected chi connectivity index (χ3v) is 3.23. The van der Waals surface area contributed by atoms with Crippen molar-refractivity contribution in [1.82, 2.24) is 4.90 Å². The van der Waals surface area contributed by atoms with Gasteiger partial charge in [-0.3, -0.25) is 9.59 Å². The number of carboxylic acid groups (broad SMARTS) is 1. The first-order valence-corrected chi connectivity index (χ1v) is 6.46. The van der Waals surface area contributed by atoms with Crippen LogP contribution in [0, 0.1) is 0 Å². The molecule has 0 aliphatic carbocycles. The van der Waals surface area contributed by atoms with Gasteiger partial charge in [0.2, 0.25) is 5.91 Å². The van der Waals surface area contributed by atoms with Crippen LogP contribution in [0.2, 0.25) is 5.02 Å². The Kier molecular flexibility index (Phi) is 5.36. The van der Waals surface area contributed by atoms with Crippen molar-refractivity contribution in [3.05, 3.63) is 34.9 Å². The van der Waals surface area contributed by atoms with Crippen LogP contribution in [-0.2, 0) is 9.59 Å². The highest BCUT2D eigenvalue weighted by molar-refractivity contribution is 6.30. The molecule has 1 atom stereocenters. The van der Waals surface area contributed by atoms with E-state index in [4.69, 9.17) is 11.6 Å². The average molecular weight is 284 g/mol. The minimum atomic E-state index is -0.950. The Morgan fingerprint density at radius 3 is 2.16 bits per heavy atom. The second kappa shape index (κ2) is 6.57. The van der Waals surface area contributed by atoms with E-state index in [1.54, 1.807) is 29.2 Å². The number of benzene rings is 1. The number of hydrogen-bond donors (Lipinski definition) is 1. The van der Waals surface area contributed by atoms with E-state index in [9.17, 15) is 14.7 Å². The first-order chi connectivity index (χ1) is 8.82. The standard InChI is InChI=1S/C14H18ClNO3/c1-9(2)16(10(3)17)8-13(14(18)19)11-4-6-12(15)7-5-11/h4-7,9,13H,8H2,1-3H3,(H,18,19). The van der Waals surface area contributed by atoms with E-state index in [-0.39, 0.29) is 18.5 Å². The molecule has 0 spiro atoms. The van der Waals surface area contributed by atoms with Crippen molar-refractivity contribution in [2.24, 2.45) is 0 Å². The molecule has 1 amide bonds. The Bertz CT molecular complexity index is 456. The van der Waals surface area contributed by atoms with Gasteiger partial charge in [0.25, 0.3) is 0 Å². The zero-order valence-electron chi connectivity index (χ0n) is 11.3. The molecule has 4 nitrogen and oxygen atoms in total. The molecular weight excluding hydrogens is 266 g/mol. The molecule has 1 aromatic rings.